The number of ether oxygens (including phenoxy) is 1. The minimum Gasteiger partial charge on any atom is -0.494 e. The molecule has 0 radical (unpaired) electrons. The molecule has 3 nitrogen and oxygen atoms in total. The first-order valence-corrected chi connectivity index (χ1v) is 6.83. The van der Waals surface area contributed by atoms with Gasteiger partial charge in [-0.1, -0.05) is 12.1 Å². The van der Waals surface area contributed by atoms with E-state index in [9.17, 15) is 4.39 Å². The number of benzene rings is 2. The predicted molar refractivity (Wildman–Crippen MR) is 80.8 cm³/mol. The highest BCUT2D eigenvalue weighted by Gasteiger charge is 2.09. The van der Waals surface area contributed by atoms with Crippen molar-refractivity contribution in [3.05, 3.63) is 59.4 Å². The quantitative estimate of drug-likeness (QED) is 0.891. The standard InChI is InChI=1S/C17H17FN2O/c1-3-21-15-7-5-14(6-8-15)12(2)20-17-9-4-13(11-19)10-16(17)18/h4-10,12,20H,3H2,1-2H3. The number of anilines is 1. The third-order valence-corrected chi connectivity index (χ3v) is 3.16. The van der Waals surface area contributed by atoms with Gasteiger partial charge >= 0.3 is 0 Å². The van der Waals surface area contributed by atoms with Crippen LogP contribution in [0.4, 0.5) is 10.1 Å². The van der Waals surface area contributed by atoms with E-state index >= 15 is 0 Å². The zero-order valence-corrected chi connectivity index (χ0v) is 12.1. The molecule has 0 aromatic heterocycles. The van der Waals surface area contributed by atoms with Gasteiger partial charge in [0.25, 0.3) is 0 Å². The van der Waals surface area contributed by atoms with Gasteiger partial charge < -0.3 is 10.1 Å². The van der Waals surface area contributed by atoms with E-state index in [-0.39, 0.29) is 6.04 Å². The fraction of sp³-hybridized carbons (Fsp3) is 0.235. The van der Waals surface area contributed by atoms with Crippen LogP contribution in [0, 0.1) is 17.1 Å². The Morgan fingerprint density at radius 2 is 1.95 bits per heavy atom. The van der Waals surface area contributed by atoms with Crippen molar-refractivity contribution in [2.75, 3.05) is 11.9 Å². The number of halogens is 1. The Balaban J connectivity index is 2.10. The van der Waals surface area contributed by atoms with E-state index in [0.29, 0.717) is 17.9 Å². The Bertz CT molecular complexity index is 647. The molecule has 0 aliphatic carbocycles. The van der Waals surface area contributed by atoms with Crippen molar-refractivity contribution in [3.63, 3.8) is 0 Å². The zero-order chi connectivity index (χ0) is 15.2. The van der Waals surface area contributed by atoms with E-state index in [1.165, 1.54) is 6.07 Å². The molecule has 0 spiro atoms. The van der Waals surface area contributed by atoms with Crippen LogP contribution >= 0.6 is 0 Å². The zero-order valence-electron chi connectivity index (χ0n) is 12.1. The normalized spacial score (nSPS) is 11.5. The van der Waals surface area contributed by atoms with Gasteiger partial charge in [-0.2, -0.15) is 5.26 Å². The highest BCUT2D eigenvalue weighted by Crippen LogP contribution is 2.24. The molecular formula is C17H17FN2O. The first-order chi connectivity index (χ1) is 10.1. The van der Waals surface area contributed by atoms with Gasteiger partial charge in [0.1, 0.15) is 11.6 Å². The van der Waals surface area contributed by atoms with E-state index in [4.69, 9.17) is 10.00 Å². The maximum atomic E-state index is 13.8. The monoisotopic (exact) mass is 284 g/mol. The second-order valence-electron chi connectivity index (χ2n) is 4.67. The lowest BCUT2D eigenvalue weighted by atomic mass is 10.1. The predicted octanol–water partition coefficient (Wildman–Crippen LogP) is 4.27. The van der Waals surface area contributed by atoms with Crippen molar-refractivity contribution in [1.29, 1.82) is 5.26 Å². The molecule has 0 heterocycles. The molecule has 2 aromatic rings. The Morgan fingerprint density at radius 3 is 2.52 bits per heavy atom. The Hall–Kier alpha value is -2.54. The van der Waals surface area contributed by atoms with E-state index in [2.05, 4.69) is 5.32 Å². The number of nitrogens with one attached hydrogen (secondary N) is 1. The summed E-state index contributed by atoms with van der Waals surface area (Å²) >= 11 is 0. The fourth-order valence-electron chi connectivity index (χ4n) is 2.04. The molecule has 1 atom stereocenters. The average molecular weight is 284 g/mol. The third-order valence-electron chi connectivity index (χ3n) is 3.16. The summed E-state index contributed by atoms with van der Waals surface area (Å²) in [7, 11) is 0. The van der Waals surface area contributed by atoms with Crippen LogP contribution in [-0.4, -0.2) is 6.61 Å². The summed E-state index contributed by atoms with van der Waals surface area (Å²) in [6, 6.07) is 14.0. The van der Waals surface area contributed by atoms with Crippen LogP contribution in [-0.2, 0) is 0 Å². The van der Waals surface area contributed by atoms with Crippen LogP contribution in [0.15, 0.2) is 42.5 Å². The number of hydrogen-bond acceptors (Lipinski definition) is 3. The molecule has 0 aliphatic rings. The molecule has 2 rings (SSSR count). The van der Waals surface area contributed by atoms with Crippen molar-refractivity contribution >= 4 is 5.69 Å². The van der Waals surface area contributed by atoms with Gasteiger partial charge in [-0.15, -0.1) is 0 Å². The van der Waals surface area contributed by atoms with Gasteiger partial charge in [0, 0.05) is 6.04 Å². The van der Waals surface area contributed by atoms with Gasteiger partial charge in [0.15, 0.2) is 0 Å². The van der Waals surface area contributed by atoms with Crippen molar-refractivity contribution in [3.8, 4) is 11.8 Å². The Kier molecular flexibility index (Phi) is 4.78. The van der Waals surface area contributed by atoms with Crippen molar-refractivity contribution in [1.82, 2.24) is 0 Å². The molecule has 108 valence electrons. The smallest absolute Gasteiger partial charge is 0.147 e. The van der Waals surface area contributed by atoms with Crippen molar-refractivity contribution in [2.24, 2.45) is 0 Å². The molecule has 0 aliphatic heterocycles. The SMILES string of the molecule is CCOc1ccc(C(C)Nc2ccc(C#N)cc2F)cc1. The highest BCUT2D eigenvalue weighted by atomic mass is 19.1. The molecular weight excluding hydrogens is 267 g/mol. The second kappa shape index (κ2) is 6.76. The van der Waals surface area contributed by atoms with E-state index in [1.807, 2.05) is 44.2 Å². The lowest BCUT2D eigenvalue weighted by Gasteiger charge is -2.17. The first kappa shape index (κ1) is 14.9. The van der Waals surface area contributed by atoms with Crippen LogP contribution in [0.2, 0.25) is 0 Å². The highest BCUT2D eigenvalue weighted by molar-refractivity contribution is 5.50. The molecule has 1 N–H and O–H groups in total. The number of rotatable bonds is 5. The molecule has 1 unspecified atom stereocenters. The molecule has 2 aromatic carbocycles. The second-order valence-corrected chi connectivity index (χ2v) is 4.67. The minimum atomic E-state index is -0.424. The summed E-state index contributed by atoms with van der Waals surface area (Å²) in [5.41, 5.74) is 1.73. The van der Waals surface area contributed by atoms with Gasteiger partial charge in [0.05, 0.1) is 23.9 Å². The van der Waals surface area contributed by atoms with Crippen LogP contribution in [0.3, 0.4) is 0 Å². The van der Waals surface area contributed by atoms with E-state index < -0.39 is 5.82 Å². The largest absolute Gasteiger partial charge is 0.494 e. The van der Waals surface area contributed by atoms with Crippen molar-refractivity contribution < 1.29 is 9.13 Å². The maximum absolute atomic E-state index is 13.8. The average Bonchev–Trinajstić information content (AvgIpc) is 2.50. The number of nitrogens with zero attached hydrogens (tertiary/aromatic N) is 1. The van der Waals surface area contributed by atoms with Gasteiger partial charge in [0.2, 0.25) is 0 Å². The van der Waals surface area contributed by atoms with Crippen molar-refractivity contribution in [2.45, 2.75) is 19.9 Å². The molecule has 4 heteroatoms. The van der Waals surface area contributed by atoms with Gasteiger partial charge in [-0.05, 0) is 49.7 Å². The topological polar surface area (TPSA) is 45.0 Å². The van der Waals surface area contributed by atoms with Gasteiger partial charge in [-0.3, -0.25) is 0 Å². The first-order valence-electron chi connectivity index (χ1n) is 6.83. The summed E-state index contributed by atoms with van der Waals surface area (Å²) in [4.78, 5) is 0. The molecule has 0 amide bonds. The number of nitriles is 1. The summed E-state index contributed by atoms with van der Waals surface area (Å²) in [6.07, 6.45) is 0. The Morgan fingerprint density at radius 1 is 1.24 bits per heavy atom. The van der Waals surface area contributed by atoms with Crippen LogP contribution in [0.1, 0.15) is 31.0 Å². The van der Waals surface area contributed by atoms with Crippen LogP contribution in [0.25, 0.3) is 0 Å². The van der Waals surface area contributed by atoms with Crippen LogP contribution in [0.5, 0.6) is 5.75 Å². The summed E-state index contributed by atoms with van der Waals surface area (Å²) in [5.74, 6) is 0.393. The maximum Gasteiger partial charge on any atom is 0.147 e. The molecule has 0 saturated heterocycles. The van der Waals surface area contributed by atoms with Crippen LogP contribution < -0.4 is 10.1 Å². The van der Waals surface area contributed by atoms with Gasteiger partial charge in [-0.25, -0.2) is 4.39 Å². The third kappa shape index (κ3) is 3.73. The van der Waals surface area contributed by atoms with E-state index in [1.54, 1.807) is 12.1 Å². The Labute approximate surface area is 124 Å². The number of hydrogen-bond donors (Lipinski definition) is 1. The summed E-state index contributed by atoms with van der Waals surface area (Å²) in [5, 5.41) is 11.8. The molecule has 0 fully saturated rings. The fourth-order valence-corrected chi connectivity index (χ4v) is 2.04. The molecule has 0 bridgehead atoms. The lowest BCUT2D eigenvalue weighted by Crippen LogP contribution is -2.08. The summed E-state index contributed by atoms with van der Waals surface area (Å²) in [6.45, 7) is 4.52. The minimum absolute atomic E-state index is 0.0527. The summed E-state index contributed by atoms with van der Waals surface area (Å²) < 4.78 is 19.2. The lowest BCUT2D eigenvalue weighted by molar-refractivity contribution is 0.340. The molecule has 0 saturated carbocycles. The molecule has 21 heavy (non-hydrogen) atoms. The van der Waals surface area contributed by atoms with E-state index in [0.717, 1.165) is 11.3 Å².